The lowest BCUT2D eigenvalue weighted by atomic mass is 9.97. The van der Waals surface area contributed by atoms with Gasteiger partial charge in [-0.05, 0) is 57.9 Å². The molecule has 2 aliphatic rings. The number of nitrogens with zero attached hydrogens (tertiary/aromatic N) is 1. The summed E-state index contributed by atoms with van der Waals surface area (Å²) in [5, 5.41) is 5.65. The first-order chi connectivity index (χ1) is 10.8. The number of nitrogen functional groups attached to an aromatic ring is 1. The third kappa shape index (κ3) is 3.80. The molecule has 6 heteroatoms. The minimum atomic E-state index is -0.428. The molecule has 0 aromatic carbocycles. The van der Waals surface area contributed by atoms with Crippen molar-refractivity contribution in [2.24, 2.45) is 0 Å². The Labute approximate surface area is 142 Å². The van der Waals surface area contributed by atoms with E-state index in [4.69, 9.17) is 10.5 Å². The van der Waals surface area contributed by atoms with E-state index in [1.54, 1.807) is 11.3 Å². The Morgan fingerprint density at radius 3 is 2.57 bits per heavy atom. The predicted octanol–water partition coefficient (Wildman–Crippen LogP) is 3.35. The van der Waals surface area contributed by atoms with Gasteiger partial charge in [-0.3, -0.25) is 0 Å². The number of thiophene rings is 1. The standard InChI is InChI=1S/C17H27N3O2S/c1-17(2,3)22-16(21)20-12-4-5-13(20)9-11(8-12)19-10-15-14(18)6-7-23-15/h6-7,11-13,19H,4-5,8-10,18H2,1-3H3. The summed E-state index contributed by atoms with van der Waals surface area (Å²) in [5.41, 5.74) is 6.39. The average Bonchev–Trinajstić information content (AvgIpc) is 2.96. The van der Waals surface area contributed by atoms with Gasteiger partial charge >= 0.3 is 6.09 Å². The van der Waals surface area contributed by atoms with Crippen molar-refractivity contribution in [3.63, 3.8) is 0 Å². The highest BCUT2D eigenvalue weighted by atomic mass is 32.1. The minimum Gasteiger partial charge on any atom is -0.444 e. The molecule has 128 valence electrons. The molecule has 0 saturated carbocycles. The van der Waals surface area contributed by atoms with Gasteiger partial charge < -0.3 is 20.7 Å². The van der Waals surface area contributed by atoms with Crippen molar-refractivity contribution in [2.75, 3.05) is 5.73 Å². The highest BCUT2D eigenvalue weighted by Gasteiger charge is 2.44. The van der Waals surface area contributed by atoms with E-state index in [9.17, 15) is 4.79 Å². The fourth-order valence-electron chi connectivity index (χ4n) is 3.69. The molecule has 2 atom stereocenters. The van der Waals surface area contributed by atoms with E-state index in [-0.39, 0.29) is 6.09 Å². The molecule has 0 aliphatic carbocycles. The number of anilines is 1. The van der Waals surface area contributed by atoms with Crippen molar-refractivity contribution < 1.29 is 9.53 Å². The molecule has 3 N–H and O–H groups in total. The van der Waals surface area contributed by atoms with Gasteiger partial charge in [-0.15, -0.1) is 11.3 Å². The van der Waals surface area contributed by atoms with Crippen LogP contribution < -0.4 is 11.1 Å². The van der Waals surface area contributed by atoms with E-state index in [2.05, 4.69) is 5.32 Å². The molecule has 2 saturated heterocycles. The number of fused-ring (bicyclic) bond motifs is 2. The van der Waals surface area contributed by atoms with Gasteiger partial charge in [0.2, 0.25) is 0 Å². The van der Waals surface area contributed by atoms with Crippen molar-refractivity contribution in [3.8, 4) is 0 Å². The summed E-state index contributed by atoms with van der Waals surface area (Å²) in [5.74, 6) is 0. The summed E-state index contributed by atoms with van der Waals surface area (Å²) in [7, 11) is 0. The quantitative estimate of drug-likeness (QED) is 0.887. The summed E-state index contributed by atoms with van der Waals surface area (Å²) < 4.78 is 5.58. The first-order valence-corrected chi connectivity index (χ1v) is 9.28. The fourth-order valence-corrected chi connectivity index (χ4v) is 4.44. The van der Waals surface area contributed by atoms with Crippen LogP contribution in [0.4, 0.5) is 10.5 Å². The Morgan fingerprint density at radius 1 is 1.39 bits per heavy atom. The predicted molar refractivity (Wildman–Crippen MR) is 93.5 cm³/mol. The van der Waals surface area contributed by atoms with E-state index in [0.717, 1.165) is 37.9 Å². The van der Waals surface area contributed by atoms with E-state index in [1.807, 2.05) is 37.1 Å². The summed E-state index contributed by atoms with van der Waals surface area (Å²) in [6, 6.07) is 3.02. The van der Waals surface area contributed by atoms with E-state index >= 15 is 0 Å². The van der Waals surface area contributed by atoms with Crippen LogP contribution in [0, 0.1) is 0 Å². The third-order valence-electron chi connectivity index (χ3n) is 4.67. The summed E-state index contributed by atoms with van der Waals surface area (Å²) in [6.07, 6.45) is 4.03. The number of nitrogens with one attached hydrogen (secondary N) is 1. The summed E-state index contributed by atoms with van der Waals surface area (Å²) >= 11 is 1.70. The molecule has 0 radical (unpaired) electrons. The van der Waals surface area contributed by atoms with E-state index in [0.29, 0.717) is 18.1 Å². The highest BCUT2D eigenvalue weighted by Crippen LogP contribution is 2.37. The highest BCUT2D eigenvalue weighted by molar-refractivity contribution is 7.10. The molecule has 1 aromatic rings. The molecule has 2 unspecified atom stereocenters. The Bertz CT molecular complexity index is 552. The zero-order chi connectivity index (χ0) is 16.6. The SMILES string of the molecule is CC(C)(C)OC(=O)N1C2CCC1CC(NCc1sccc1N)C2. The molecule has 1 aromatic heterocycles. The summed E-state index contributed by atoms with van der Waals surface area (Å²) in [4.78, 5) is 15.6. The normalized spacial score (nSPS) is 27.3. The van der Waals surface area contributed by atoms with Crippen molar-refractivity contribution in [2.45, 2.75) is 76.7 Å². The van der Waals surface area contributed by atoms with Gasteiger partial charge in [0.05, 0.1) is 0 Å². The number of nitrogens with two attached hydrogens (primary N) is 1. The van der Waals surface area contributed by atoms with Gasteiger partial charge in [0, 0.05) is 35.2 Å². The number of rotatable bonds is 3. The Balaban J connectivity index is 1.56. The van der Waals surface area contributed by atoms with Crippen molar-refractivity contribution in [1.82, 2.24) is 10.2 Å². The van der Waals surface area contributed by atoms with Gasteiger partial charge in [0.15, 0.2) is 0 Å². The molecule has 3 rings (SSSR count). The lowest BCUT2D eigenvalue weighted by Crippen LogP contribution is -2.52. The first-order valence-electron chi connectivity index (χ1n) is 8.40. The van der Waals surface area contributed by atoms with Crippen molar-refractivity contribution >= 4 is 23.1 Å². The van der Waals surface area contributed by atoms with Crippen LogP contribution in [0.1, 0.15) is 51.3 Å². The van der Waals surface area contributed by atoms with Gasteiger partial charge in [-0.1, -0.05) is 0 Å². The average molecular weight is 337 g/mol. The molecule has 23 heavy (non-hydrogen) atoms. The van der Waals surface area contributed by atoms with Gasteiger partial charge in [-0.2, -0.15) is 0 Å². The maximum atomic E-state index is 12.4. The number of carbonyl (C=O) groups excluding carboxylic acids is 1. The lowest BCUT2D eigenvalue weighted by Gasteiger charge is -2.39. The lowest BCUT2D eigenvalue weighted by molar-refractivity contribution is 0.00468. The smallest absolute Gasteiger partial charge is 0.410 e. The topological polar surface area (TPSA) is 67.6 Å². The first kappa shape index (κ1) is 16.6. The van der Waals surface area contributed by atoms with Crippen LogP contribution >= 0.6 is 11.3 Å². The number of amides is 1. The minimum absolute atomic E-state index is 0.147. The molecular formula is C17H27N3O2S. The number of piperidine rings is 1. The van der Waals surface area contributed by atoms with E-state index < -0.39 is 5.60 Å². The number of ether oxygens (including phenoxy) is 1. The number of carbonyl (C=O) groups is 1. The van der Waals surface area contributed by atoms with Crippen LogP contribution in [0.25, 0.3) is 0 Å². The maximum Gasteiger partial charge on any atom is 0.410 e. The Morgan fingerprint density at radius 2 is 2.04 bits per heavy atom. The number of hydrogen-bond donors (Lipinski definition) is 2. The molecule has 2 bridgehead atoms. The van der Waals surface area contributed by atoms with Crippen LogP contribution in [0.2, 0.25) is 0 Å². The van der Waals surface area contributed by atoms with Crippen molar-refractivity contribution in [1.29, 1.82) is 0 Å². The fraction of sp³-hybridized carbons (Fsp3) is 0.706. The van der Waals surface area contributed by atoms with Gasteiger partial charge in [0.25, 0.3) is 0 Å². The maximum absolute atomic E-state index is 12.4. The second-order valence-corrected chi connectivity index (χ2v) is 8.62. The van der Waals surface area contributed by atoms with Crippen LogP contribution in [0.15, 0.2) is 11.4 Å². The Kier molecular flexibility index (Phi) is 4.56. The molecule has 0 spiro atoms. The van der Waals surface area contributed by atoms with Crippen LogP contribution in [0.5, 0.6) is 0 Å². The second-order valence-electron chi connectivity index (χ2n) is 7.62. The monoisotopic (exact) mass is 337 g/mol. The molecule has 5 nitrogen and oxygen atoms in total. The second kappa shape index (κ2) is 6.32. The van der Waals surface area contributed by atoms with Gasteiger partial charge in [-0.25, -0.2) is 4.79 Å². The Hall–Kier alpha value is -1.27. The zero-order valence-corrected chi connectivity index (χ0v) is 15.0. The zero-order valence-electron chi connectivity index (χ0n) is 14.2. The van der Waals surface area contributed by atoms with E-state index in [1.165, 1.54) is 4.88 Å². The third-order valence-corrected chi connectivity index (χ3v) is 5.61. The molecule has 1 amide bonds. The molecular weight excluding hydrogens is 310 g/mol. The molecule has 2 fully saturated rings. The largest absolute Gasteiger partial charge is 0.444 e. The summed E-state index contributed by atoms with van der Waals surface area (Å²) in [6.45, 7) is 6.59. The number of hydrogen-bond acceptors (Lipinski definition) is 5. The van der Waals surface area contributed by atoms with Crippen LogP contribution in [-0.4, -0.2) is 34.7 Å². The van der Waals surface area contributed by atoms with Gasteiger partial charge in [0.1, 0.15) is 5.60 Å². The van der Waals surface area contributed by atoms with Crippen LogP contribution in [-0.2, 0) is 11.3 Å². The van der Waals surface area contributed by atoms with Crippen molar-refractivity contribution in [3.05, 3.63) is 16.3 Å². The molecule has 2 aliphatic heterocycles. The van der Waals surface area contributed by atoms with Crippen LogP contribution in [0.3, 0.4) is 0 Å². The molecule has 3 heterocycles.